The van der Waals surface area contributed by atoms with Gasteiger partial charge in [-0.2, -0.15) is 0 Å². The maximum atomic E-state index is 10.6. The Kier molecular flexibility index (Phi) is 2.58. The van der Waals surface area contributed by atoms with E-state index in [0.717, 1.165) is 0 Å². The maximum absolute atomic E-state index is 10.6. The zero-order valence-electron chi connectivity index (χ0n) is 6.23. The summed E-state index contributed by atoms with van der Waals surface area (Å²) in [5.74, 6) is 0.981. The minimum Gasteiger partial charge on any atom is -0.381 e. The number of rotatable bonds is 3. The molecule has 0 aliphatic heterocycles. The molecule has 0 spiro atoms. The average Bonchev–Trinajstić information content (AvgIpc) is 2.31. The van der Waals surface area contributed by atoms with Gasteiger partial charge in [0.1, 0.15) is 0 Å². The van der Waals surface area contributed by atoms with E-state index in [1.807, 2.05) is 0 Å². The van der Waals surface area contributed by atoms with Gasteiger partial charge in [-0.05, 0) is 0 Å². The minimum absolute atomic E-state index is 0.395. The van der Waals surface area contributed by atoms with E-state index in [0.29, 0.717) is 18.1 Å². The first-order valence-electron chi connectivity index (χ1n) is 3.14. The third kappa shape index (κ3) is 2.67. The number of anilines is 1. The summed E-state index contributed by atoms with van der Waals surface area (Å²) in [4.78, 5) is 0. The van der Waals surface area contributed by atoms with Crippen LogP contribution in [0.15, 0.2) is 6.20 Å². The molecular formula is C5H10N4OS. The Balaban J connectivity index is 2.45. The zero-order chi connectivity index (χ0) is 8.27. The van der Waals surface area contributed by atoms with Crippen LogP contribution in [0.3, 0.4) is 0 Å². The summed E-state index contributed by atoms with van der Waals surface area (Å²) in [6.45, 7) is 0.604. The van der Waals surface area contributed by atoms with Crippen molar-refractivity contribution in [1.82, 2.24) is 15.0 Å². The van der Waals surface area contributed by atoms with Crippen LogP contribution in [-0.4, -0.2) is 31.2 Å². The molecule has 11 heavy (non-hydrogen) atoms. The number of hydrogen-bond donors (Lipinski definition) is 1. The standard InChI is InChI=1S/C5H10N4OS/c1-11(10)3-2-9-4-5(6)7-8-9/h4H,2-3,6H2,1H3. The molecule has 1 unspecified atom stereocenters. The van der Waals surface area contributed by atoms with Crippen molar-refractivity contribution >= 4 is 16.6 Å². The Morgan fingerprint density at radius 2 is 2.55 bits per heavy atom. The molecule has 0 fully saturated rings. The Hall–Kier alpha value is -0.910. The summed E-state index contributed by atoms with van der Waals surface area (Å²) in [5.41, 5.74) is 5.31. The average molecular weight is 174 g/mol. The Labute approximate surface area is 67.0 Å². The lowest BCUT2D eigenvalue weighted by molar-refractivity contribution is 0.622. The Morgan fingerprint density at radius 3 is 3.00 bits per heavy atom. The van der Waals surface area contributed by atoms with Crippen LogP contribution in [-0.2, 0) is 17.3 Å². The fraction of sp³-hybridized carbons (Fsp3) is 0.600. The molecule has 1 aromatic heterocycles. The molecule has 0 saturated carbocycles. The topological polar surface area (TPSA) is 73.8 Å². The number of aryl methyl sites for hydroxylation is 1. The second-order valence-corrected chi connectivity index (χ2v) is 3.74. The Morgan fingerprint density at radius 1 is 1.82 bits per heavy atom. The second-order valence-electron chi connectivity index (χ2n) is 2.18. The van der Waals surface area contributed by atoms with E-state index in [-0.39, 0.29) is 0 Å². The molecule has 0 aliphatic carbocycles. The lowest BCUT2D eigenvalue weighted by Crippen LogP contribution is -2.06. The van der Waals surface area contributed by atoms with E-state index >= 15 is 0 Å². The largest absolute Gasteiger partial charge is 0.381 e. The monoisotopic (exact) mass is 174 g/mol. The highest BCUT2D eigenvalue weighted by Crippen LogP contribution is 1.92. The summed E-state index contributed by atoms with van der Waals surface area (Å²) in [6.07, 6.45) is 3.27. The summed E-state index contributed by atoms with van der Waals surface area (Å²) >= 11 is 0. The van der Waals surface area contributed by atoms with Crippen LogP contribution in [0.4, 0.5) is 5.82 Å². The molecule has 0 aromatic carbocycles. The molecule has 0 amide bonds. The molecule has 2 N–H and O–H groups in total. The van der Waals surface area contributed by atoms with Crippen molar-refractivity contribution in [2.24, 2.45) is 0 Å². The van der Waals surface area contributed by atoms with E-state index < -0.39 is 10.8 Å². The van der Waals surface area contributed by atoms with Crippen molar-refractivity contribution in [3.05, 3.63) is 6.20 Å². The molecule has 0 radical (unpaired) electrons. The van der Waals surface area contributed by atoms with Crippen LogP contribution >= 0.6 is 0 Å². The van der Waals surface area contributed by atoms with Gasteiger partial charge in [-0.1, -0.05) is 5.21 Å². The summed E-state index contributed by atoms with van der Waals surface area (Å²) in [5, 5.41) is 7.28. The number of nitrogens with two attached hydrogens (primary N) is 1. The lowest BCUT2D eigenvalue weighted by atomic mass is 10.7. The van der Waals surface area contributed by atoms with Gasteiger partial charge in [0.25, 0.3) is 0 Å². The highest BCUT2D eigenvalue weighted by atomic mass is 32.2. The fourth-order valence-corrected chi connectivity index (χ4v) is 1.09. The predicted molar refractivity (Wildman–Crippen MR) is 43.4 cm³/mol. The molecule has 1 aromatic rings. The van der Waals surface area contributed by atoms with Gasteiger partial charge in [-0.3, -0.25) is 4.21 Å². The molecule has 62 valence electrons. The number of nitrogens with zero attached hydrogens (tertiary/aromatic N) is 3. The molecule has 1 rings (SSSR count). The predicted octanol–water partition coefficient (Wildman–Crippen LogP) is -0.761. The smallest absolute Gasteiger partial charge is 0.165 e. The number of aromatic nitrogens is 3. The van der Waals surface area contributed by atoms with E-state index in [1.165, 1.54) is 0 Å². The van der Waals surface area contributed by atoms with Crippen LogP contribution in [0, 0.1) is 0 Å². The van der Waals surface area contributed by atoms with Crippen molar-refractivity contribution in [3.63, 3.8) is 0 Å². The van der Waals surface area contributed by atoms with Gasteiger partial charge in [0.05, 0.1) is 12.7 Å². The number of nitrogen functional groups attached to an aromatic ring is 1. The van der Waals surface area contributed by atoms with Gasteiger partial charge in [-0.25, -0.2) is 4.68 Å². The van der Waals surface area contributed by atoms with Crippen LogP contribution < -0.4 is 5.73 Å². The van der Waals surface area contributed by atoms with Crippen molar-refractivity contribution in [2.45, 2.75) is 6.54 Å². The quantitative estimate of drug-likeness (QED) is 0.653. The van der Waals surface area contributed by atoms with Crippen LogP contribution in [0.25, 0.3) is 0 Å². The molecule has 1 heterocycles. The highest BCUT2D eigenvalue weighted by Gasteiger charge is 1.96. The van der Waals surface area contributed by atoms with Gasteiger partial charge in [0.2, 0.25) is 0 Å². The molecule has 0 aliphatic rings. The van der Waals surface area contributed by atoms with E-state index in [9.17, 15) is 4.21 Å². The summed E-state index contributed by atoms with van der Waals surface area (Å²) in [6, 6.07) is 0. The molecule has 1 atom stereocenters. The SMILES string of the molecule is CS(=O)CCn1cc(N)nn1. The summed E-state index contributed by atoms with van der Waals surface area (Å²) < 4.78 is 12.2. The van der Waals surface area contributed by atoms with Crippen molar-refractivity contribution in [1.29, 1.82) is 0 Å². The first-order valence-corrected chi connectivity index (χ1v) is 4.87. The minimum atomic E-state index is -0.786. The third-order valence-corrected chi connectivity index (χ3v) is 1.92. The van der Waals surface area contributed by atoms with Crippen molar-refractivity contribution < 1.29 is 4.21 Å². The molecule has 0 saturated heterocycles. The van der Waals surface area contributed by atoms with Gasteiger partial charge < -0.3 is 5.73 Å². The first kappa shape index (κ1) is 8.19. The van der Waals surface area contributed by atoms with Crippen molar-refractivity contribution in [2.75, 3.05) is 17.7 Å². The Bertz CT molecular complexity index is 259. The van der Waals surface area contributed by atoms with E-state index in [4.69, 9.17) is 5.73 Å². The normalized spacial score (nSPS) is 13.2. The van der Waals surface area contributed by atoms with Gasteiger partial charge in [0, 0.05) is 22.8 Å². The maximum Gasteiger partial charge on any atom is 0.165 e. The van der Waals surface area contributed by atoms with Crippen LogP contribution in [0.5, 0.6) is 0 Å². The van der Waals surface area contributed by atoms with Crippen LogP contribution in [0.2, 0.25) is 0 Å². The molecule has 6 heteroatoms. The van der Waals surface area contributed by atoms with Crippen LogP contribution in [0.1, 0.15) is 0 Å². The van der Waals surface area contributed by atoms with Gasteiger partial charge in [-0.15, -0.1) is 5.10 Å². The zero-order valence-corrected chi connectivity index (χ0v) is 7.04. The van der Waals surface area contributed by atoms with Crippen molar-refractivity contribution in [3.8, 4) is 0 Å². The fourth-order valence-electron chi connectivity index (χ4n) is 0.645. The molecule has 0 bridgehead atoms. The summed E-state index contributed by atoms with van der Waals surface area (Å²) in [7, 11) is -0.786. The molecule has 5 nitrogen and oxygen atoms in total. The second kappa shape index (κ2) is 3.47. The lowest BCUT2D eigenvalue weighted by Gasteiger charge is -1.94. The molecular weight excluding hydrogens is 164 g/mol. The van der Waals surface area contributed by atoms with E-state index in [1.54, 1.807) is 17.1 Å². The first-order chi connectivity index (χ1) is 5.18. The van der Waals surface area contributed by atoms with E-state index in [2.05, 4.69) is 10.3 Å². The highest BCUT2D eigenvalue weighted by molar-refractivity contribution is 7.84. The van der Waals surface area contributed by atoms with Gasteiger partial charge >= 0.3 is 0 Å². The third-order valence-electron chi connectivity index (χ3n) is 1.16. The number of hydrogen-bond acceptors (Lipinski definition) is 4. The van der Waals surface area contributed by atoms with Gasteiger partial charge in [0.15, 0.2) is 5.82 Å².